The maximum Gasteiger partial charge on any atom is 0.439 e. The van der Waals surface area contributed by atoms with Crippen molar-refractivity contribution >= 4 is 0 Å². The van der Waals surface area contributed by atoms with Crippen LogP contribution in [0.25, 0.3) is 11.4 Å². The van der Waals surface area contributed by atoms with Gasteiger partial charge in [0, 0.05) is 5.56 Å². The van der Waals surface area contributed by atoms with Crippen molar-refractivity contribution in [1.29, 1.82) is 0 Å². The minimum absolute atomic E-state index is 0.113. The molecular formula is C10H8F2N2O4. The Morgan fingerprint density at radius 2 is 2.17 bits per heavy atom. The summed E-state index contributed by atoms with van der Waals surface area (Å²) in [6.45, 7) is -2.98. The third kappa shape index (κ3) is 2.47. The molecule has 0 saturated carbocycles. The first-order valence-electron chi connectivity index (χ1n) is 4.79. The lowest BCUT2D eigenvalue weighted by Crippen LogP contribution is -2.03. The summed E-state index contributed by atoms with van der Waals surface area (Å²) >= 11 is 0. The number of methoxy groups -OCH3 is 1. The summed E-state index contributed by atoms with van der Waals surface area (Å²) in [6.07, 6.45) is 0. The van der Waals surface area contributed by atoms with E-state index in [0.717, 1.165) is 0 Å². The summed E-state index contributed by atoms with van der Waals surface area (Å²) < 4.78 is 37.9. The molecule has 1 heterocycles. The molecule has 0 fully saturated rings. The summed E-state index contributed by atoms with van der Waals surface area (Å²) in [5.41, 5.74) is 0.359. The van der Waals surface area contributed by atoms with E-state index in [4.69, 9.17) is 4.74 Å². The standard InChI is InChI=1S/C10H8F2N2O4/c1-16-6-3-2-5(4-7(6)17-9(11)12)8-13-10(15)18-14-8/h2-4,9H,1H3,(H,13,14,15). The fourth-order valence-corrected chi connectivity index (χ4v) is 1.37. The van der Waals surface area contributed by atoms with Gasteiger partial charge in [-0.05, 0) is 18.2 Å². The van der Waals surface area contributed by atoms with Crippen LogP contribution in [0.15, 0.2) is 27.5 Å². The molecule has 0 bridgehead atoms. The first kappa shape index (κ1) is 12.1. The Hall–Kier alpha value is -2.38. The smallest absolute Gasteiger partial charge is 0.439 e. The number of alkyl halides is 2. The lowest BCUT2D eigenvalue weighted by Gasteiger charge is -2.10. The van der Waals surface area contributed by atoms with Crippen molar-refractivity contribution in [2.24, 2.45) is 0 Å². The van der Waals surface area contributed by atoms with Crippen LogP contribution in [0.3, 0.4) is 0 Å². The van der Waals surface area contributed by atoms with Crippen molar-refractivity contribution in [3.05, 3.63) is 28.7 Å². The molecule has 0 saturated heterocycles. The van der Waals surface area contributed by atoms with Crippen molar-refractivity contribution in [2.75, 3.05) is 7.11 Å². The topological polar surface area (TPSA) is 77.4 Å². The number of halogens is 2. The highest BCUT2D eigenvalue weighted by Crippen LogP contribution is 2.32. The molecule has 0 atom stereocenters. The van der Waals surface area contributed by atoms with E-state index < -0.39 is 12.4 Å². The molecule has 0 unspecified atom stereocenters. The average molecular weight is 258 g/mol. The number of hydrogen-bond donors (Lipinski definition) is 1. The largest absolute Gasteiger partial charge is 0.493 e. The van der Waals surface area contributed by atoms with Crippen LogP contribution in [0.5, 0.6) is 11.5 Å². The molecule has 2 aromatic rings. The summed E-state index contributed by atoms with van der Waals surface area (Å²) in [5, 5.41) is 3.43. The van der Waals surface area contributed by atoms with Gasteiger partial charge in [0.2, 0.25) is 0 Å². The first-order chi connectivity index (χ1) is 8.60. The van der Waals surface area contributed by atoms with Crippen molar-refractivity contribution in [3.8, 4) is 22.9 Å². The van der Waals surface area contributed by atoms with E-state index in [1.165, 1.54) is 25.3 Å². The summed E-state index contributed by atoms with van der Waals surface area (Å²) in [4.78, 5) is 13.1. The Morgan fingerprint density at radius 3 is 2.72 bits per heavy atom. The highest BCUT2D eigenvalue weighted by atomic mass is 19.3. The van der Waals surface area contributed by atoms with Gasteiger partial charge in [-0.25, -0.2) is 4.79 Å². The van der Waals surface area contributed by atoms with E-state index >= 15 is 0 Å². The molecule has 1 N–H and O–H groups in total. The van der Waals surface area contributed by atoms with Gasteiger partial charge in [-0.15, -0.1) is 0 Å². The zero-order chi connectivity index (χ0) is 13.1. The lowest BCUT2D eigenvalue weighted by atomic mass is 10.2. The molecule has 96 valence electrons. The predicted molar refractivity (Wildman–Crippen MR) is 55.7 cm³/mol. The van der Waals surface area contributed by atoms with Crippen LogP contribution in [0.1, 0.15) is 0 Å². The lowest BCUT2D eigenvalue weighted by molar-refractivity contribution is -0.0511. The fraction of sp³-hybridized carbons (Fsp3) is 0.200. The van der Waals surface area contributed by atoms with Crippen LogP contribution in [0.2, 0.25) is 0 Å². The minimum Gasteiger partial charge on any atom is -0.493 e. The van der Waals surface area contributed by atoms with Gasteiger partial charge in [-0.3, -0.25) is 9.51 Å². The normalized spacial score (nSPS) is 10.7. The summed E-state index contributed by atoms with van der Waals surface area (Å²) in [6, 6.07) is 4.20. The Morgan fingerprint density at radius 1 is 1.39 bits per heavy atom. The van der Waals surface area contributed by atoms with Gasteiger partial charge in [0.15, 0.2) is 17.3 Å². The minimum atomic E-state index is -2.98. The van der Waals surface area contributed by atoms with E-state index in [0.29, 0.717) is 5.56 Å². The molecule has 0 aliphatic carbocycles. The molecule has 0 aliphatic heterocycles. The van der Waals surface area contributed by atoms with Crippen LogP contribution in [-0.4, -0.2) is 23.9 Å². The van der Waals surface area contributed by atoms with Crippen LogP contribution in [0, 0.1) is 0 Å². The Balaban J connectivity index is 2.41. The van der Waals surface area contributed by atoms with Crippen LogP contribution in [-0.2, 0) is 0 Å². The average Bonchev–Trinajstić information content (AvgIpc) is 2.75. The van der Waals surface area contributed by atoms with E-state index in [2.05, 4.69) is 19.4 Å². The van der Waals surface area contributed by atoms with Gasteiger partial charge >= 0.3 is 12.4 Å². The molecule has 8 heteroatoms. The van der Waals surface area contributed by atoms with Gasteiger partial charge < -0.3 is 9.47 Å². The van der Waals surface area contributed by atoms with E-state index in [-0.39, 0.29) is 17.3 Å². The van der Waals surface area contributed by atoms with Gasteiger partial charge in [0.1, 0.15) is 0 Å². The van der Waals surface area contributed by atoms with Gasteiger partial charge in [-0.2, -0.15) is 8.78 Å². The maximum absolute atomic E-state index is 12.2. The molecule has 0 aliphatic rings. The van der Waals surface area contributed by atoms with Crippen LogP contribution >= 0.6 is 0 Å². The number of hydrogen-bond acceptors (Lipinski definition) is 5. The highest BCUT2D eigenvalue weighted by Gasteiger charge is 2.13. The van der Waals surface area contributed by atoms with Crippen molar-refractivity contribution in [1.82, 2.24) is 10.1 Å². The second kappa shape index (κ2) is 4.86. The van der Waals surface area contributed by atoms with Crippen LogP contribution < -0.4 is 15.2 Å². The molecule has 1 aromatic carbocycles. The second-order valence-electron chi connectivity index (χ2n) is 3.19. The molecule has 0 spiro atoms. The third-order valence-corrected chi connectivity index (χ3v) is 2.09. The quantitative estimate of drug-likeness (QED) is 0.901. The number of H-pyrrole nitrogens is 1. The molecular weight excluding hydrogens is 250 g/mol. The van der Waals surface area contributed by atoms with Gasteiger partial charge in [-0.1, -0.05) is 5.16 Å². The number of ether oxygens (including phenoxy) is 2. The zero-order valence-corrected chi connectivity index (χ0v) is 9.15. The number of benzene rings is 1. The fourth-order valence-electron chi connectivity index (χ4n) is 1.37. The van der Waals surface area contributed by atoms with Gasteiger partial charge in [0.05, 0.1) is 7.11 Å². The number of rotatable bonds is 4. The van der Waals surface area contributed by atoms with Gasteiger partial charge in [0.25, 0.3) is 0 Å². The maximum atomic E-state index is 12.2. The Kier molecular flexibility index (Phi) is 3.26. The summed E-state index contributed by atoms with van der Waals surface area (Å²) in [5.74, 6) is -0.641. The molecule has 6 nitrogen and oxygen atoms in total. The van der Waals surface area contributed by atoms with E-state index in [9.17, 15) is 13.6 Å². The second-order valence-corrected chi connectivity index (χ2v) is 3.19. The number of aromatic amines is 1. The van der Waals surface area contributed by atoms with E-state index in [1.807, 2.05) is 0 Å². The molecule has 18 heavy (non-hydrogen) atoms. The molecule has 0 amide bonds. The monoisotopic (exact) mass is 258 g/mol. The number of nitrogens with one attached hydrogen (secondary N) is 1. The Bertz CT molecular complexity index is 594. The third-order valence-electron chi connectivity index (χ3n) is 2.09. The van der Waals surface area contributed by atoms with Crippen LogP contribution in [0.4, 0.5) is 8.78 Å². The van der Waals surface area contributed by atoms with Crippen molar-refractivity contribution in [2.45, 2.75) is 6.61 Å². The van der Waals surface area contributed by atoms with Crippen molar-refractivity contribution < 1.29 is 22.8 Å². The number of aromatic nitrogens is 2. The molecule has 0 radical (unpaired) electrons. The molecule has 1 aromatic heterocycles. The zero-order valence-electron chi connectivity index (χ0n) is 9.15. The SMILES string of the molecule is COc1ccc(-c2noc(=O)[nH]2)cc1OC(F)F. The molecule has 2 rings (SSSR count). The first-order valence-corrected chi connectivity index (χ1v) is 4.79. The summed E-state index contributed by atoms with van der Waals surface area (Å²) in [7, 11) is 1.32. The van der Waals surface area contributed by atoms with E-state index in [1.54, 1.807) is 0 Å². The number of nitrogens with zero attached hydrogens (tertiary/aromatic N) is 1. The Labute approximate surface area is 99.1 Å². The van der Waals surface area contributed by atoms with Crippen molar-refractivity contribution in [3.63, 3.8) is 0 Å². The highest BCUT2D eigenvalue weighted by molar-refractivity contribution is 5.60. The predicted octanol–water partition coefficient (Wildman–Crippen LogP) is 1.64.